The number of carbonyl (C=O) groups is 1. The minimum Gasteiger partial charge on any atom is -0.340 e. The molecule has 0 spiro atoms. The molecule has 0 unspecified atom stereocenters. The van der Waals surface area contributed by atoms with E-state index in [1.54, 1.807) is 6.92 Å². The molecule has 0 bridgehead atoms. The average molecular weight is 296 g/mol. The fourth-order valence-corrected chi connectivity index (χ4v) is 1.70. The summed E-state index contributed by atoms with van der Waals surface area (Å²) in [6.07, 6.45) is 0.0959. The van der Waals surface area contributed by atoms with Gasteiger partial charge < -0.3 is 9.84 Å². The fourth-order valence-electron chi connectivity index (χ4n) is 1.31. The van der Waals surface area contributed by atoms with Crippen LogP contribution in [0, 0.1) is 6.92 Å². The normalized spacial score (nSPS) is 10.2. The number of aryl methyl sites for hydroxylation is 1. The molecule has 2 aromatic rings. The predicted molar refractivity (Wildman–Crippen MR) is 65.5 cm³/mol. The van der Waals surface area contributed by atoms with Crippen molar-refractivity contribution >= 4 is 27.5 Å². The number of hydrogen-bond acceptors (Lipinski definition) is 4. The summed E-state index contributed by atoms with van der Waals surface area (Å²) in [5.41, 5.74) is 0.720. The lowest BCUT2D eigenvalue weighted by Crippen LogP contribution is -2.15. The molecule has 1 aromatic heterocycles. The molecular formula is C11H10BrN3O2. The number of nitrogens with zero attached hydrogens (tertiary/aromatic N) is 2. The molecule has 0 aliphatic rings. The van der Waals surface area contributed by atoms with E-state index in [0.717, 1.165) is 10.2 Å². The molecule has 88 valence electrons. The summed E-state index contributed by atoms with van der Waals surface area (Å²) in [4.78, 5) is 15.7. The van der Waals surface area contributed by atoms with E-state index in [0.29, 0.717) is 11.7 Å². The maximum Gasteiger partial charge on any atom is 0.232 e. The van der Waals surface area contributed by atoms with Crippen molar-refractivity contribution in [2.45, 2.75) is 13.3 Å². The van der Waals surface area contributed by atoms with E-state index in [2.05, 4.69) is 31.4 Å². The van der Waals surface area contributed by atoms with Crippen molar-refractivity contribution in [2.24, 2.45) is 0 Å². The molecule has 5 nitrogen and oxygen atoms in total. The molecule has 1 N–H and O–H groups in total. The van der Waals surface area contributed by atoms with Gasteiger partial charge in [0.05, 0.1) is 12.1 Å². The Hall–Kier alpha value is -1.69. The summed E-state index contributed by atoms with van der Waals surface area (Å²) < 4.78 is 5.62. The van der Waals surface area contributed by atoms with Crippen molar-refractivity contribution in [2.75, 3.05) is 5.32 Å². The Morgan fingerprint density at radius 1 is 1.47 bits per heavy atom. The van der Waals surface area contributed by atoms with E-state index < -0.39 is 0 Å². The number of amides is 1. The van der Waals surface area contributed by atoms with Crippen LogP contribution in [0.15, 0.2) is 33.3 Å². The van der Waals surface area contributed by atoms with E-state index in [9.17, 15) is 4.79 Å². The summed E-state index contributed by atoms with van der Waals surface area (Å²) in [6.45, 7) is 1.68. The van der Waals surface area contributed by atoms with Crippen molar-refractivity contribution < 1.29 is 9.32 Å². The number of rotatable bonds is 3. The van der Waals surface area contributed by atoms with Crippen LogP contribution in [0.5, 0.6) is 0 Å². The van der Waals surface area contributed by atoms with Gasteiger partial charge in [-0.3, -0.25) is 4.79 Å². The zero-order valence-corrected chi connectivity index (χ0v) is 10.7. The summed E-state index contributed by atoms with van der Waals surface area (Å²) in [7, 11) is 0. The van der Waals surface area contributed by atoms with Gasteiger partial charge in [0.2, 0.25) is 11.8 Å². The molecule has 2 rings (SSSR count). The van der Waals surface area contributed by atoms with Crippen LogP contribution in [0.3, 0.4) is 0 Å². The quantitative estimate of drug-likeness (QED) is 0.943. The van der Waals surface area contributed by atoms with Crippen LogP contribution < -0.4 is 5.32 Å². The van der Waals surface area contributed by atoms with E-state index in [-0.39, 0.29) is 12.3 Å². The van der Waals surface area contributed by atoms with Gasteiger partial charge in [0.15, 0.2) is 5.82 Å². The highest BCUT2D eigenvalue weighted by Crippen LogP contribution is 2.21. The van der Waals surface area contributed by atoms with Crippen LogP contribution in [0.25, 0.3) is 0 Å². The second kappa shape index (κ2) is 5.09. The second-order valence-corrected chi connectivity index (χ2v) is 4.29. The SMILES string of the molecule is Cc1nc(CC(=O)Nc2ccccc2Br)no1. The largest absolute Gasteiger partial charge is 0.340 e. The molecule has 1 heterocycles. The lowest BCUT2D eigenvalue weighted by molar-refractivity contribution is -0.115. The first-order chi connectivity index (χ1) is 8.15. The minimum absolute atomic E-state index is 0.0959. The average Bonchev–Trinajstić information content (AvgIpc) is 2.67. The molecule has 0 aliphatic carbocycles. The third-order valence-electron chi connectivity index (χ3n) is 2.04. The topological polar surface area (TPSA) is 68.0 Å². The third-order valence-corrected chi connectivity index (χ3v) is 2.73. The molecule has 1 amide bonds. The lowest BCUT2D eigenvalue weighted by Gasteiger charge is -2.05. The van der Waals surface area contributed by atoms with Crippen molar-refractivity contribution in [1.82, 2.24) is 10.1 Å². The minimum atomic E-state index is -0.183. The van der Waals surface area contributed by atoms with E-state index >= 15 is 0 Å². The van der Waals surface area contributed by atoms with Crippen molar-refractivity contribution in [1.29, 1.82) is 0 Å². The number of hydrogen-bond donors (Lipinski definition) is 1. The molecule has 0 saturated carbocycles. The number of benzene rings is 1. The number of nitrogens with one attached hydrogen (secondary N) is 1. The smallest absolute Gasteiger partial charge is 0.232 e. The molecule has 6 heteroatoms. The Labute approximate surface area is 106 Å². The van der Waals surface area contributed by atoms with Crippen LogP contribution >= 0.6 is 15.9 Å². The maximum absolute atomic E-state index is 11.7. The van der Waals surface area contributed by atoms with Crippen LogP contribution in [0.1, 0.15) is 11.7 Å². The highest BCUT2D eigenvalue weighted by atomic mass is 79.9. The van der Waals surface area contributed by atoms with Crippen molar-refractivity contribution in [3.05, 3.63) is 40.5 Å². The number of halogens is 1. The van der Waals surface area contributed by atoms with Crippen molar-refractivity contribution in [3.63, 3.8) is 0 Å². The summed E-state index contributed by atoms with van der Waals surface area (Å²) >= 11 is 3.35. The molecule has 0 atom stereocenters. The molecule has 0 fully saturated rings. The Morgan fingerprint density at radius 2 is 2.24 bits per heavy atom. The van der Waals surface area contributed by atoms with E-state index in [1.165, 1.54) is 0 Å². The number of carbonyl (C=O) groups excluding carboxylic acids is 1. The molecule has 0 radical (unpaired) electrons. The highest BCUT2D eigenvalue weighted by Gasteiger charge is 2.10. The zero-order chi connectivity index (χ0) is 12.3. The Bertz CT molecular complexity index is 539. The molecular weight excluding hydrogens is 286 g/mol. The summed E-state index contributed by atoms with van der Waals surface area (Å²) in [6, 6.07) is 7.39. The predicted octanol–water partition coefficient (Wildman–Crippen LogP) is 2.32. The van der Waals surface area contributed by atoms with Crippen molar-refractivity contribution in [3.8, 4) is 0 Å². The standard InChI is InChI=1S/C11H10BrN3O2/c1-7-13-10(15-17-7)6-11(16)14-9-5-3-2-4-8(9)12/h2-5H,6H2,1H3,(H,14,16). The van der Waals surface area contributed by atoms with Gasteiger partial charge in [0.1, 0.15) is 0 Å². The molecule has 17 heavy (non-hydrogen) atoms. The van der Waals surface area contributed by atoms with Gasteiger partial charge in [0.25, 0.3) is 0 Å². The molecule has 1 aromatic carbocycles. The lowest BCUT2D eigenvalue weighted by atomic mass is 10.3. The molecule has 0 saturated heterocycles. The second-order valence-electron chi connectivity index (χ2n) is 3.43. The Balaban J connectivity index is 2.01. The summed E-state index contributed by atoms with van der Waals surface area (Å²) in [5, 5.41) is 6.42. The van der Waals surface area contributed by atoms with Gasteiger partial charge in [-0.15, -0.1) is 0 Å². The molecule has 0 aliphatic heterocycles. The van der Waals surface area contributed by atoms with Gasteiger partial charge in [-0.05, 0) is 28.1 Å². The van der Waals surface area contributed by atoms with Crippen LogP contribution in [0.2, 0.25) is 0 Å². The van der Waals surface area contributed by atoms with Gasteiger partial charge in [0, 0.05) is 11.4 Å². The van der Waals surface area contributed by atoms with Crippen LogP contribution in [-0.4, -0.2) is 16.0 Å². The van der Waals surface area contributed by atoms with E-state index in [4.69, 9.17) is 4.52 Å². The summed E-state index contributed by atoms with van der Waals surface area (Å²) in [5.74, 6) is 0.651. The van der Waals surface area contributed by atoms with Gasteiger partial charge in [-0.2, -0.15) is 4.98 Å². The first kappa shape index (κ1) is 11.8. The maximum atomic E-state index is 11.7. The number of aromatic nitrogens is 2. The number of para-hydroxylation sites is 1. The van der Waals surface area contributed by atoms with Gasteiger partial charge in [-0.1, -0.05) is 17.3 Å². The Kier molecular flexibility index (Phi) is 3.53. The van der Waals surface area contributed by atoms with Crippen LogP contribution in [-0.2, 0) is 11.2 Å². The first-order valence-electron chi connectivity index (χ1n) is 4.99. The fraction of sp³-hybridized carbons (Fsp3) is 0.182. The highest BCUT2D eigenvalue weighted by molar-refractivity contribution is 9.10. The monoisotopic (exact) mass is 295 g/mol. The van der Waals surface area contributed by atoms with Crippen LogP contribution in [0.4, 0.5) is 5.69 Å². The zero-order valence-electron chi connectivity index (χ0n) is 9.11. The van der Waals surface area contributed by atoms with Gasteiger partial charge >= 0.3 is 0 Å². The Morgan fingerprint density at radius 3 is 2.88 bits per heavy atom. The number of anilines is 1. The first-order valence-corrected chi connectivity index (χ1v) is 5.78. The third kappa shape index (κ3) is 3.13. The van der Waals surface area contributed by atoms with E-state index in [1.807, 2.05) is 24.3 Å². The van der Waals surface area contributed by atoms with Gasteiger partial charge in [-0.25, -0.2) is 0 Å².